The fourth-order valence-electron chi connectivity index (χ4n) is 2.31. The van der Waals surface area contributed by atoms with E-state index in [0.717, 1.165) is 17.9 Å². The normalized spacial score (nSPS) is 11.8. The fraction of sp³-hybridized carbons (Fsp3) is 0.438. The molecule has 0 aliphatic rings. The third kappa shape index (κ3) is 2.87. The lowest BCUT2D eigenvalue weighted by molar-refractivity contribution is 0.462. The summed E-state index contributed by atoms with van der Waals surface area (Å²) in [6.45, 7) is 9.25. The topological polar surface area (TPSA) is 54.7 Å². The number of H-pyrrole nitrogens is 1. The Labute approximate surface area is 115 Å². The molecule has 3 nitrogen and oxygen atoms in total. The average molecular weight is 257 g/mol. The van der Waals surface area contributed by atoms with Gasteiger partial charge in [-0.15, -0.1) is 0 Å². The summed E-state index contributed by atoms with van der Waals surface area (Å²) in [7, 11) is 0. The molecule has 0 bridgehead atoms. The van der Waals surface area contributed by atoms with Gasteiger partial charge in [-0.3, -0.25) is 0 Å². The summed E-state index contributed by atoms with van der Waals surface area (Å²) in [6.07, 6.45) is 2.85. The third-order valence-corrected chi connectivity index (χ3v) is 3.67. The van der Waals surface area contributed by atoms with Crippen molar-refractivity contribution in [3.63, 3.8) is 0 Å². The fourth-order valence-corrected chi connectivity index (χ4v) is 2.31. The number of rotatable bonds is 4. The maximum atomic E-state index is 5.67. The van der Waals surface area contributed by atoms with Gasteiger partial charge in [-0.25, -0.2) is 4.98 Å². The molecule has 0 amide bonds. The number of imidazole rings is 1. The number of hydrogen-bond donors (Lipinski definition) is 2. The number of benzene rings is 1. The highest BCUT2D eigenvalue weighted by atomic mass is 14.9. The molecule has 0 saturated heterocycles. The molecule has 0 atom stereocenters. The van der Waals surface area contributed by atoms with Crippen molar-refractivity contribution in [2.45, 2.75) is 39.5 Å². The minimum Gasteiger partial charge on any atom is -0.342 e. The van der Waals surface area contributed by atoms with E-state index in [0.29, 0.717) is 6.54 Å². The number of aryl methyl sites for hydroxylation is 2. The van der Waals surface area contributed by atoms with Gasteiger partial charge < -0.3 is 10.7 Å². The Hall–Kier alpha value is -1.61. The summed E-state index contributed by atoms with van der Waals surface area (Å²) in [6, 6.07) is 6.48. The van der Waals surface area contributed by atoms with Crippen LogP contribution in [0.1, 0.15) is 37.2 Å². The van der Waals surface area contributed by atoms with Crippen molar-refractivity contribution in [2.75, 3.05) is 6.54 Å². The van der Waals surface area contributed by atoms with Crippen LogP contribution in [0.15, 0.2) is 24.4 Å². The molecule has 0 radical (unpaired) electrons. The van der Waals surface area contributed by atoms with E-state index in [2.05, 4.69) is 55.9 Å². The number of nitrogens with two attached hydrogens (primary N) is 1. The van der Waals surface area contributed by atoms with Crippen LogP contribution in [0.5, 0.6) is 0 Å². The van der Waals surface area contributed by atoms with E-state index >= 15 is 0 Å². The van der Waals surface area contributed by atoms with Gasteiger partial charge in [0.15, 0.2) is 0 Å². The summed E-state index contributed by atoms with van der Waals surface area (Å²) in [5.74, 6) is 1.01. The summed E-state index contributed by atoms with van der Waals surface area (Å²) in [5, 5.41) is 0. The molecule has 2 rings (SSSR count). The van der Waals surface area contributed by atoms with Crippen LogP contribution in [0.4, 0.5) is 0 Å². The summed E-state index contributed by atoms with van der Waals surface area (Å²) in [4.78, 5) is 8.00. The zero-order valence-corrected chi connectivity index (χ0v) is 12.2. The van der Waals surface area contributed by atoms with Crippen molar-refractivity contribution in [3.05, 3.63) is 41.3 Å². The van der Waals surface area contributed by atoms with E-state index < -0.39 is 0 Å². The first-order valence-corrected chi connectivity index (χ1v) is 6.77. The third-order valence-electron chi connectivity index (χ3n) is 3.67. The molecule has 0 unspecified atom stereocenters. The van der Waals surface area contributed by atoms with Gasteiger partial charge in [0.25, 0.3) is 0 Å². The number of aromatic nitrogens is 2. The monoisotopic (exact) mass is 257 g/mol. The Kier molecular flexibility index (Phi) is 3.76. The van der Waals surface area contributed by atoms with Gasteiger partial charge in [0.05, 0.1) is 11.9 Å². The second kappa shape index (κ2) is 5.17. The standard InChI is InChI=1S/C16H23N3/c1-11-5-6-12(2)13(9-11)14-10-18-15(19-14)16(3,4)7-8-17/h5-6,9-10H,7-8,17H2,1-4H3,(H,18,19). The molecule has 1 heterocycles. The molecule has 0 aliphatic heterocycles. The molecule has 3 N–H and O–H groups in total. The van der Waals surface area contributed by atoms with Crippen LogP contribution in [-0.2, 0) is 5.41 Å². The molecule has 0 saturated carbocycles. The lowest BCUT2D eigenvalue weighted by Crippen LogP contribution is -2.23. The van der Waals surface area contributed by atoms with Gasteiger partial charge in [-0.1, -0.05) is 31.5 Å². The van der Waals surface area contributed by atoms with Crippen LogP contribution in [0.3, 0.4) is 0 Å². The number of hydrogen-bond acceptors (Lipinski definition) is 2. The van der Waals surface area contributed by atoms with Crippen molar-refractivity contribution >= 4 is 0 Å². The highest BCUT2D eigenvalue weighted by Gasteiger charge is 2.23. The Bertz CT molecular complexity index is 567. The molecule has 1 aromatic heterocycles. The highest BCUT2D eigenvalue weighted by molar-refractivity contribution is 5.64. The summed E-state index contributed by atoms with van der Waals surface area (Å²) in [5.41, 5.74) is 10.5. The zero-order valence-electron chi connectivity index (χ0n) is 12.2. The van der Waals surface area contributed by atoms with Crippen molar-refractivity contribution in [1.82, 2.24) is 9.97 Å². The van der Waals surface area contributed by atoms with Gasteiger partial charge in [-0.2, -0.15) is 0 Å². The van der Waals surface area contributed by atoms with E-state index in [4.69, 9.17) is 5.73 Å². The van der Waals surface area contributed by atoms with E-state index in [1.807, 2.05) is 6.20 Å². The molecular formula is C16H23N3. The van der Waals surface area contributed by atoms with Gasteiger partial charge in [0, 0.05) is 11.0 Å². The minimum absolute atomic E-state index is 0.00920. The lowest BCUT2D eigenvalue weighted by Gasteiger charge is -2.20. The van der Waals surface area contributed by atoms with Gasteiger partial charge in [0.1, 0.15) is 5.82 Å². The second-order valence-electron chi connectivity index (χ2n) is 5.89. The molecule has 19 heavy (non-hydrogen) atoms. The van der Waals surface area contributed by atoms with Gasteiger partial charge in [0.2, 0.25) is 0 Å². The Balaban J connectivity index is 2.38. The van der Waals surface area contributed by atoms with Crippen LogP contribution < -0.4 is 5.73 Å². The first-order valence-electron chi connectivity index (χ1n) is 6.77. The maximum Gasteiger partial charge on any atom is 0.112 e. The van der Waals surface area contributed by atoms with E-state index in [9.17, 15) is 0 Å². The average Bonchev–Trinajstić information content (AvgIpc) is 2.82. The molecule has 102 valence electrons. The van der Waals surface area contributed by atoms with Crippen molar-refractivity contribution < 1.29 is 0 Å². The summed E-state index contributed by atoms with van der Waals surface area (Å²) >= 11 is 0. The Morgan fingerprint density at radius 3 is 2.68 bits per heavy atom. The van der Waals surface area contributed by atoms with Crippen LogP contribution in [0.25, 0.3) is 11.3 Å². The summed E-state index contributed by atoms with van der Waals surface area (Å²) < 4.78 is 0. The minimum atomic E-state index is -0.00920. The molecule has 0 fully saturated rings. The first kappa shape index (κ1) is 13.8. The van der Waals surface area contributed by atoms with Crippen LogP contribution >= 0.6 is 0 Å². The lowest BCUT2D eigenvalue weighted by atomic mass is 9.88. The van der Waals surface area contributed by atoms with E-state index in [-0.39, 0.29) is 5.41 Å². The molecule has 0 aliphatic carbocycles. The van der Waals surface area contributed by atoms with Crippen molar-refractivity contribution in [2.24, 2.45) is 5.73 Å². The predicted octanol–water partition coefficient (Wildman–Crippen LogP) is 3.32. The molecule has 3 heteroatoms. The number of nitrogens with one attached hydrogen (secondary N) is 1. The highest BCUT2D eigenvalue weighted by Crippen LogP contribution is 2.28. The molecule has 1 aromatic carbocycles. The van der Waals surface area contributed by atoms with Crippen molar-refractivity contribution in [3.8, 4) is 11.3 Å². The van der Waals surface area contributed by atoms with Crippen LogP contribution in [-0.4, -0.2) is 16.5 Å². The SMILES string of the molecule is Cc1ccc(C)c(-c2cnc(C(C)(C)CCN)[nH]2)c1. The second-order valence-corrected chi connectivity index (χ2v) is 5.89. The van der Waals surface area contributed by atoms with Crippen LogP contribution in [0, 0.1) is 13.8 Å². The van der Waals surface area contributed by atoms with E-state index in [1.54, 1.807) is 0 Å². The van der Waals surface area contributed by atoms with Gasteiger partial charge >= 0.3 is 0 Å². The number of nitrogens with zero attached hydrogens (tertiary/aromatic N) is 1. The Morgan fingerprint density at radius 1 is 1.26 bits per heavy atom. The van der Waals surface area contributed by atoms with E-state index in [1.165, 1.54) is 16.7 Å². The predicted molar refractivity (Wildman–Crippen MR) is 80.2 cm³/mol. The van der Waals surface area contributed by atoms with Crippen LogP contribution in [0.2, 0.25) is 0 Å². The molecule has 0 spiro atoms. The smallest absolute Gasteiger partial charge is 0.112 e. The maximum absolute atomic E-state index is 5.67. The largest absolute Gasteiger partial charge is 0.342 e. The molecular weight excluding hydrogens is 234 g/mol. The number of aromatic amines is 1. The van der Waals surface area contributed by atoms with Gasteiger partial charge in [-0.05, 0) is 38.4 Å². The quantitative estimate of drug-likeness (QED) is 0.882. The zero-order chi connectivity index (χ0) is 14.0. The first-order chi connectivity index (χ1) is 8.94. The van der Waals surface area contributed by atoms with Crippen molar-refractivity contribution in [1.29, 1.82) is 0 Å². The molecule has 2 aromatic rings. The Morgan fingerprint density at radius 2 is 2.00 bits per heavy atom.